The van der Waals surface area contributed by atoms with E-state index in [0.717, 1.165) is 11.1 Å². The predicted octanol–water partition coefficient (Wildman–Crippen LogP) is 3.30. The fourth-order valence-electron chi connectivity index (χ4n) is 5.91. The first kappa shape index (κ1) is 23.4. The van der Waals surface area contributed by atoms with Crippen molar-refractivity contribution in [2.75, 3.05) is 20.3 Å². The highest BCUT2D eigenvalue weighted by atomic mass is 16.5. The quantitative estimate of drug-likeness (QED) is 0.537. The zero-order valence-electron chi connectivity index (χ0n) is 19.9. The number of fused-ring (bicyclic) bond motifs is 4. The number of rotatable bonds is 8. The van der Waals surface area contributed by atoms with E-state index < -0.39 is 23.0 Å². The van der Waals surface area contributed by atoms with E-state index in [1.807, 2.05) is 24.3 Å². The number of hydrogen-bond acceptors (Lipinski definition) is 5. The molecule has 2 amide bonds. The van der Waals surface area contributed by atoms with Crippen LogP contribution in [0.2, 0.25) is 0 Å². The Morgan fingerprint density at radius 2 is 1.69 bits per heavy atom. The molecule has 4 atom stereocenters. The second-order valence-electron chi connectivity index (χ2n) is 10.2. The summed E-state index contributed by atoms with van der Waals surface area (Å²) in [6, 6.07) is 16.1. The van der Waals surface area contributed by atoms with Crippen molar-refractivity contribution in [1.29, 1.82) is 0 Å². The van der Waals surface area contributed by atoms with E-state index in [4.69, 9.17) is 9.47 Å². The molecule has 0 heterocycles. The van der Waals surface area contributed by atoms with Crippen LogP contribution in [0.5, 0.6) is 0 Å². The van der Waals surface area contributed by atoms with Gasteiger partial charge in [0.1, 0.15) is 6.61 Å². The maximum atomic E-state index is 13.0. The molecule has 3 aliphatic carbocycles. The third-order valence-electron chi connectivity index (χ3n) is 7.82. The lowest BCUT2D eigenvalue weighted by molar-refractivity contribution is -0.150. The summed E-state index contributed by atoms with van der Waals surface area (Å²) in [5, 5.41) is 15.1. The molecule has 4 unspecified atom stereocenters. The van der Waals surface area contributed by atoms with E-state index in [1.165, 1.54) is 25.2 Å². The number of methoxy groups -OCH3 is 1. The van der Waals surface area contributed by atoms with E-state index in [9.17, 15) is 19.5 Å². The van der Waals surface area contributed by atoms with Crippen LogP contribution in [0.15, 0.2) is 48.5 Å². The third kappa shape index (κ3) is 4.05. The maximum absolute atomic E-state index is 13.0. The van der Waals surface area contributed by atoms with Crippen LogP contribution >= 0.6 is 0 Å². The van der Waals surface area contributed by atoms with Crippen molar-refractivity contribution < 1.29 is 29.0 Å². The molecule has 8 nitrogen and oxygen atoms in total. The van der Waals surface area contributed by atoms with E-state index >= 15 is 0 Å². The van der Waals surface area contributed by atoms with Crippen molar-refractivity contribution in [3.8, 4) is 11.1 Å². The van der Waals surface area contributed by atoms with Crippen LogP contribution in [0, 0.1) is 11.3 Å². The predicted molar refractivity (Wildman–Crippen MR) is 128 cm³/mol. The van der Waals surface area contributed by atoms with Gasteiger partial charge in [0.2, 0.25) is 5.91 Å². The van der Waals surface area contributed by atoms with Gasteiger partial charge in [-0.25, -0.2) is 9.59 Å². The minimum atomic E-state index is -1.49. The molecule has 35 heavy (non-hydrogen) atoms. The van der Waals surface area contributed by atoms with E-state index in [1.54, 1.807) is 0 Å². The Labute approximate surface area is 204 Å². The van der Waals surface area contributed by atoms with Gasteiger partial charge >= 0.3 is 12.1 Å². The Balaban J connectivity index is 1.18. The van der Waals surface area contributed by atoms with Gasteiger partial charge < -0.3 is 25.2 Å². The minimum Gasteiger partial charge on any atom is -0.479 e. The summed E-state index contributed by atoms with van der Waals surface area (Å²) in [6.45, 7) is 1.54. The van der Waals surface area contributed by atoms with Crippen LogP contribution in [0.25, 0.3) is 11.1 Å². The lowest BCUT2D eigenvalue weighted by atomic mass is 9.97. The Bertz CT molecular complexity index is 1140. The molecule has 0 aromatic heterocycles. The molecule has 0 bridgehead atoms. The largest absolute Gasteiger partial charge is 0.479 e. The first-order valence-corrected chi connectivity index (χ1v) is 11.9. The fraction of sp³-hybridized carbons (Fsp3) is 0.444. The zero-order chi connectivity index (χ0) is 24.8. The Morgan fingerprint density at radius 3 is 2.29 bits per heavy atom. The first-order chi connectivity index (χ1) is 16.8. The number of carboxylic acids is 1. The van der Waals surface area contributed by atoms with Gasteiger partial charge in [-0.05, 0) is 54.4 Å². The second kappa shape index (κ2) is 8.68. The fourth-order valence-corrected chi connectivity index (χ4v) is 5.91. The third-order valence-corrected chi connectivity index (χ3v) is 7.82. The highest BCUT2D eigenvalue weighted by Gasteiger charge is 2.66. The molecular formula is C27H30N2O6. The van der Waals surface area contributed by atoms with Gasteiger partial charge in [-0.1, -0.05) is 48.5 Å². The number of amides is 2. The van der Waals surface area contributed by atoms with Gasteiger partial charge in [0.25, 0.3) is 0 Å². The standard InChI is InChI=1S/C27H30N2O6/c1-26(15-34-2,24(31)32)29-23(30)27-12-16(27)11-17(13-27)28-25(33)35-14-22-20-9-5-3-7-18(20)19-8-4-6-10-21(19)22/h3-10,16-17,22H,11-15H2,1-2H3,(H,28,33)(H,29,30)(H,31,32). The SMILES string of the molecule is COCC(C)(NC(=O)C12CC(NC(=O)OCC3c4ccccc4-c4ccccc43)CC1C2)C(=O)O. The highest BCUT2D eigenvalue weighted by Crippen LogP contribution is 2.63. The van der Waals surface area contributed by atoms with Gasteiger partial charge in [-0.15, -0.1) is 0 Å². The van der Waals surface area contributed by atoms with Gasteiger partial charge in [0, 0.05) is 19.1 Å². The maximum Gasteiger partial charge on any atom is 0.407 e. The summed E-state index contributed by atoms with van der Waals surface area (Å²) in [4.78, 5) is 37.3. The van der Waals surface area contributed by atoms with Crippen LogP contribution in [-0.2, 0) is 19.1 Å². The summed E-state index contributed by atoms with van der Waals surface area (Å²) >= 11 is 0. The summed E-state index contributed by atoms with van der Waals surface area (Å²) in [5.41, 5.74) is 2.51. The molecule has 5 rings (SSSR count). The monoisotopic (exact) mass is 478 g/mol. The average molecular weight is 479 g/mol. The topological polar surface area (TPSA) is 114 Å². The van der Waals surface area contributed by atoms with E-state index in [-0.39, 0.29) is 37.0 Å². The Kier molecular flexibility index (Phi) is 5.79. The van der Waals surface area contributed by atoms with Crippen LogP contribution in [0.4, 0.5) is 4.79 Å². The average Bonchev–Trinajstić information content (AvgIpc) is 3.26. The number of nitrogens with one attached hydrogen (secondary N) is 2. The zero-order valence-corrected chi connectivity index (χ0v) is 19.9. The van der Waals surface area contributed by atoms with E-state index in [0.29, 0.717) is 19.3 Å². The summed E-state index contributed by atoms with van der Waals surface area (Å²) in [7, 11) is 1.40. The lowest BCUT2D eigenvalue weighted by Crippen LogP contribution is -2.57. The van der Waals surface area contributed by atoms with Crippen molar-refractivity contribution >= 4 is 18.0 Å². The molecule has 184 valence electrons. The van der Waals surface area contributed by atoms with Crippen molar-refractivity contribution in [2.24, 2.45) is 11.3 Å². The highest BCUT2D eigenvalue weighted by molar-refractivity contribution is 5.92. The molecule has 3 aliphatic rings. The number of aliphatic carboxylic acids is 1. The van der Waals surface area contributed by atoms with Crippen LogP contribution in [0.3, 0.4) is 0 Å². The Hall–Kier alpha value is -3.39. The molecule has 2 saturated carbocycles. The van der Waals surface area contributed by atoms with Crippen molar-refractivity contribution in [1.82, 2.24) is 10.6 Å². The molecule has 0 saturated heterocycles. The van der Waals surface area contributed by atoms with Gasteiger partial charge in [0.05, 0.1) is 12.0 Å². The second-order valence-corrected chi connectivity index (χ2v) is 10.2. The van der Waals surface area contributed by atoms with Crippen molar-refractivity contribution in [3.63, 3.8) is 0 Å². The van der Waals surface area contributed by atoms with Gasteiger partial charge in [-0.3, -0.25) is 4.79 Å². The van der Waals surface area contributed by atoms with Crippen molar-refractivity contribution in [2.45, 2.75) is 43.7 Å². The molecule has 3 N–H and O–H groups in total. The summed E-state index contributed by atoms with van der Waals surface area (Å²) in [6.07, 6.45) is 1.34. The molecular weight excluding hydrogens is 448 g/mol. The molecule has 8 heteroatoms. The van der Waals surface area contributed by atoms with Crippen LogP contribution in [0.1, 0.15) is 43.2 Å². The number of carbonyl (C=O) groups excluding carboxylic acids is 2. The summed E-state index contributed by atoms with van der Waals surface area (Å²) in [5.74, 6) is -1.33. The van der Waals surface area contributed by atoms with Crippen LogP contribution < -0.4 is 10.6 Å². The molecule has 0 aliphatic heterocycles. The molecule has 2 fully saturated rings. The number of hydrogen-bond donors (Lipinski definition) is 3. The molecule has 0 radical (unpaired) electrons. The first-order valence-electron chi connectivity index (χ1n) is 11.9. The van der Waals surface area contributed by atoms with Crippen LogP contribution in [-0.4, -0.2) is 55.0 Å². The molecule has 2 aromatic rings. The number of carboxylic acid groups (broad SMARTS) is 1. The lowest BCUT2D eigenvalue weighted by Gasteiger charge is -2.28. The minimum absolute atomic E-state index is 0.0169. The molecule has 0 spiro atoms. The van der Waals surface area contributed by atoms with Gasteiger partial charge in [-0.2, -0.15) is 0 Å². The smallest absolute Gasteiger partial charge is 0.407 e. The van der Waals surface area contributed by atoms with E-state index in [2.05, 4.69) is 34.9 Å². The number of carbonyl (C=O) groups is 3. The number of benzene rings is 2. The number of alkyl carbamates (subject to hydrolysis) is 1. The van der Waals surface area contributed by atoms with Crippen molar-refractivity contribution in [3.05, 3.63) is 59.7 Å². The Morgan fingerprint density at radius 1 is 1.06 bits per heavy atom. The normalized spacial score (nSPS) is 25.5. The van der Waals surface area contributed by atoms with Gasteiger partial charge in [0.15, 0.2) is 5.54 Å². The molecule has 2 aromatic carbocycles. The summed E-state index contributed by atoms with van der Waals surface area (Å²) < 4.78 is 10.6. The number of ether oxygens (including phenoxy) is 2.